The van der Waals surface area contributed by atoms with E-state index in [-0.39, 0.29) is 11.5 Å². The SMILES string of the molecule is CC(C)c1c(-c2ccc(C(F)(F)F)cc2O)nnc2c1CCN2[C@@H]1CCCN(C)C1. The van der Waals surface area contributed by atoms with Gasteiger partial charge in [-0.25, -0.2) is 0 Å². The Bertz CT molecular complexity index is 945. The molecule has 0 aliphatic carbocycles. The first-order chi connectivity index (χ1) is 14.2. The van der Waals surface area contributed by atoms with Crippen molar-refractivity contribution in [2.45, 2.75) is 51.2 Å². The fourth-order valence-electron chi connectivity index (χ4n) is 4.77. The van der Waals surface area contributed by atoms with Gasteiger partial charge in [-0.15, -0.1) is 10.2 Å². The Hall–Kier alpha value is -2.35. The normalized spacial score (nSPS) is 20.1. The Morgan fingerprint density at radius 3 is 2.57 bits per heavy atom. The van der Waals surface area contributed by atoms with Gasteiger partial charge in [0.25, 0.3) is 0 Å². The molecule has 4 rings (SSSR count). The molecule has 1 N–H and O–H groups in total. The molecule has 0 amide bonds. The first-order valence-corrected chi connectivity index (χ1v) is 10.4. The number of hydrogen-bond donors (Lipinski definition) is 1. The van der Waals surface area contributed by atoms with Crippen molar-refractivity contribution >= 4 is 5.82 Å². The Balaban J connectivity index is 1.75. The molecule has 2 aliphatic rings. The lowest BCUT2D eigenvalue weighted by Crippen LogP contribution is -2.46. The summed E-state index contributed by atoms with van der Waals surface area (Å²) in [6.45, 7) is 7.04. The van der Waals surface area contributed by atoms with Crippen LogP contribution in [0.3, 0.4) is 0 Å². The molecule has 0 radical (unpaired) electrons. The second-order valence-corrected chi connectivity index (χ2v) is 8.65. The summed E-state index contributed by atoms with van der Waals surface area (Å²) in [5.74, 6) is 0.554. The number of piperidine rings is 1. The number of aromatic nitrogens is 2. The lowest BCUT2D eigenvalue weighted by atomic mass is 9.91. The Morgan fingerprint density at radius 2 is 1.93 bits per heavy atom. The summed E-state index contributed by atoms with van der Waals surface area (Å²) in [5.41, 5.74) is 1.94. The van der Waals surface area contributed by atoms with Crippen LogP contribution in [0.1, 0.15) is 49.3 Å². The molecule has 3 heterocycles. The molecule has 2 aromatic rings. The summed E-state index contributed by atoms with van der Waals surface area (Å²) in [6.07, 6.45) is -1.42. The monoisotopic (exact) mass is 420 g/mol. The first-order valence-electron chi connectivity index (χ1n) is 10.4. The molecule has 0 unspecified atom stereocenters. The van der Waals surface area contributed by atoms with Crippen molar-refractivity contribution in [3.8, 4) is 17.0 Å². The molecule has 1 fully saturated rings. The van der Waals surface area contributed by atoms with Crippen LogP contribution in [-0.4, -0.2) is 52.9 Å². The minimum Gasteiger partial charge on any atom is -0.507 e. The number of phenolic OH excluding ortho intramolecular Hbond substituents is 1. The third-order valence-corrected chi connectivity index (χ3v) is 6.17. The number of aromatic hydroxyl groups is 1. The van der Waals surface area contributed by atoms with Gasteiger partial charge < -0.3 is 14.9 Å². The molecule has 1 aromatic heterocycles. The van der Waals surface area contributed by atoms with Crippen molar-refractivity contribution in [2.75, 3.05) is 31.6 Å². The Morgan fingerprint density at radius 1 is 1.17 bits per heavy atom. The minimum atomic E-state index is -4.51. The summed E-state index contributed by atoms with van der Waals surface area (Å²) < 4.78 is 39.0. The molecule has 0 saturated carbocycles. The van der Waals surface area contributed by atoms with Crippen molar-refractivity contribution in [3.05, 3.63) is 34.9 Å². The zero-order chi connectivity index (χ0) is 21.6. The molecule has 30 heavy (non-hydrogen) atoms. The number of anilines is 1. The maximum absolute atomic E-state index is 13.0. The van der Waals surface area contributed by atoms with Crippen molar-refractivity contribution in [1.82, 2.24) is 15.1 Å². The molecule has 1 saturated heterocycles. The lowest BCUT2D eigenvalue weighted by Gasteiger charge is -2.36. The van der Waals surface area contributed by atoms with Crippen LogP contribution >= 0.6 is 0 Å². The van der Waals surface area contributed by atoms with E-state index in [4.69, 9.17) is 0 Å². The van der Waals surface area contributed by atoms with E-state index in [2.05, 4.69) is 27.0 Å². The number of likely N-dealkylation sites (N-methyl/N-ethyl adjacent to an activating group) is 1. The third-order valence-electron chi connectivity index (χ3n) is 6.17. The number of rotatable bonds is 3. The van der Waals surface area contributed by atoms with Gasteiger partial charge in [0.2, 0.25) is 0 Å². The largest absolute Gasteiger partial charge is 0.507 e. The van der Waals surface area contributed by atoms with Gasteiger partial charge in [-0.3, -0.25) is 0 Å². The maximum Gasteiger partial charge on any atom is 0.416 e. The van der Waals surface area contributed by atoms with Crippen LogP contribution in [0, 0.1) is 0 Å². The number of alkyl halides is 3. The van der Waals surface area contributed by atoms with Gasteiger partial charge in [0.1, 0.15) is 11.4 Å². The highest BCUT2D eigenvalue weighted by atomic mass is 19.4. The van der Waals surface area contributed by atoms with E-state index in [0.29, 0.717) is 11.7 Å². The number of fused-ring (bicyclic) bond motifs is 1. The number of nitrogens with zero attached hydrogens (tertiary/aromatic N) is 4. The van der Waals surface area contributed by atoms with Crippen LogP contribution in [0.15, 0.2) is 18.2 Å². The van der Waals surface area contributed by atoms with Crippen LogP contribution in [0.5, 0.6) is 5.75 Å². The van der Waals surface area contributed by atoms with Crippen molar-refractivity contribution in [1.29, 1.82) is 0 Å². The van der Waals surface area contributed by atoms with E-state index >= 15 is 0 Å². The minimum absolute atomic E-state index is 0.0972. The molecule has 162 valence electrons. The smallest absolute Gasteiger partial charge is 0.416 e. The highest BCUT2D eigenvalue weighted by molar-refractivity contribution is 5.74. The predicted molar refractivity (Wildman–Crippen MR) is 110 cm³/mol. The number of hydrogen-bond acceptors (Lipinski definition) is 5. The summed E-state index contributed by atoms with van der Waals surface area (Å²) >= 11 is 0. The highest BCUT2D eigenvalue weighted by Crippen LogP contribution is 2.42. The fraction of sp³-hybridized carbons (Fsp3) is 0.545. The van der Waals surface area contributed by atoms with Crippen LogP contribution in [0.25, 0.3) is 11.3 Å². The van der Waals surface area contributed by atoms with Crippen molar-refractivity contribution < 1.29 is 18.3 Å². The second kappa shape index (κ2) is 7.72. The highest BCUT2D eigenvalue weighted by Gasteiger charge is 2.35. The van der Waals surface area contributed by atoms with E-state index in [1.54, 1.807) is 0 Å². The van der Waals surface area contributed by atoms with E-state index in [9.17, 15) is 18.3 Å². The quantitative estimate of drug-likeness (QED) is 0.795. The molecule has 1 aromatic carbocycles. The molecule has 1 atom stereocenters. The van der Waals surface area contributed by atoms with Crippen molar-refractivity contribution in [2.24, 2.45) is 0 Å². The number of likely N-dealkylation sites (tertiary alicyclic amines) is 1. The van der Waals surface area contributed by atoms with Gasteiger partial charge in [-0.2, -0.15) is 13.2 Å². The molecule has 0 bridgehead atoms. The fourth-order valence-corrected chi connectivity index (χ4v) is 4.77. The summed E-state index contributed by atoms with van der Waals surface area (Å²) in [5, 5.41) is 19.3. The third kappa shape index (κ3) is 3.73. The van der Waals surface area contributed by atoms with Crippen LogP contribution in [0.2, 0.25) is 0 Å². The van der Waals surface area contributed by atoms with Gasteiger partial charge in [0.05, 0.1) is 5.56 Å². The summed E-state index contributed by atoms with van der Waals surface area (Å²) in [4.78, 5) is 4.66. The molecular weight excluding hydrogens is 393 g/mol. The van der Waals surface area contributed by atoms with E-state index in [1.807, 2.05) is 13.8 Å². The van der Waals surface area contributed by atoms with Crippen LogP contribution < -0.4 is 4.90 Å². The molecule has 2 aliphatic heterocycles. The van der Waals surface area contributed by atoms with Gasteiger partial charge >= 0.3 is 6.18 Å². The molecule has 0 spiro atoms. The Kier molecular flexibility index (Phi) is 5.38. The van der Waals surface area contributed by atoms with E-state index in [0.717, 1.165) is 68.0 Å². The van der Waals surface area contributed by atoms with E-state index in [1.165, 1.54) is 6.07 Å². The zero-order valence-corrected chi connectivity index (χ0v) is 17.5. The van der Waals surface area contributed by atoms with Crippen LogP contribution in [0.4, 0.5) is 19.0 Å². The van der Waals surface area contributed by atoms with Gasteiger partial charge in [0, 0.05) is 30.3 Å². The molecule has 5 nitrogen and oxygen atoms in total. The molecule has 8 heteroatoms. The number of halogens is 3. The maximum atomic E-state index is 13.0. The number of phenols is 1. The number of benzene rings is 1. The zero-order valence-electron chi connectivity index (χ0n) is 17.5. The van der Waals surface area contributed by atoms with Gasteiger partial charge in [0.15, 0.2) is 5.82 Å². The topological polar surface area (TPSA) is 52.5 Å². The van der Waals surface area contributed by atoms with Gasteiger partial charge in [-0.05, 0) is 62.5 Å². The van der Waals surface area contributed by atoms with E-state index < -0.39 is 17.5 Å². The first kappa shape index (κ1) is 20.9. The summed E-state index contributed by atoms with van der Waals surface area (Å²) in [6, 6.07) is 3.43. The standard InChI is InChI=1S/C22H27F3N4O/c1-13(2)19-17-8-10-29(15-5-4-9-28(3)12-15)21(17)27-26-20(19)16-7-6-14(11-18(16)30)22(23,24)25/h6-7,11,13,15,30H,4-5,8-10,12H2,1-3H3/t15-/m1/s1. The predicted octanol–water partition coefficient (Wildman–Crippen LogP) is 4.45. The average molecular weight is 420 g/mol. The van der Waals surface area contributed by atoms with Gasteiger partial charge in [-0.1, -0.05) is 13.8 Å². The average Bonchev–Trinajstić information content (AvgIpc) is 3.10. The second-order valence-electron chi connectivity index (χ2n) is 8.65. The lowest BCUT2D eigenvalue weighted by molar-refractivity contribution is -0.137. The van der Waals surface area contributed by atoms with Crippen molar-refractivity contribution in [3.63, 3.8) is 0 Å². The van der Waals surface area contributed by atoms with Crippen LogP contribution in [-0.2, 0) is 12.6 Å². The molecular formula is C22H27F3N4O. The Labute approximate surface area is 174 Å². The summed E-state index contributed by atoms with van der Waals surface area (Å²) in [7, 11) is 2.13.